The highest BCUT2D eigenvalue weighted by molar-refractivity contribution is 7.89. The van der Waals surface area contributed by atoms with Crippen molar-refractivity contribution in [3.8, 4) is 0 Å². The lowest BCUT2D eigenvalue weighted by molar-refractivity contribution is -0.116. The van der Waals surface area contributed by atoms with Crippen molar-refractivity contribution in [2.24, 2.45) is 0 Å². The summed E-state index contributed by atoms with van der Waals surface area (Å²) in [5, 5.41) is 3.77. The van der Waals surface area contributed by atoms with E-state index in [0.29, 0.717) is 34.7 Å². The first-order valence-electron chi connectivity index (χ1n) is 9.54. The maximum Gasteiger partial charge on any atom is 0.251 e. The number of hydrogen-bond donors (Lipinski definition) is 1. The maximum atomic E-state index is 12.8. The van der Waals surface area contributed by atoms with Crippen LogP contribution in [0.1, 0.15) is 12.8 Å². The van der Waals surface area contributed by atoms with Gasteiger partial charge in [0.05, 0.1) is 10.4 Å². The predicted molar refractivity (Wildman–Crippen MR) is 116 cm³/mol. The Hall–Kier alpha value is -2.68. The SMILES string of the molecule is O=C(Cn1c(=O)ccc2cc(S(=O)(=O)N3CCCC3)ccc21)Nc1cccc(Cl)c1. The molecule has 0 radical (unpaired) electrons. The Morgan fingerprint density at radius 1 is 1.03 bits per heavy atom. The molecule has 3 aromatic rings. The minimum atomic E-state index is -3.57. The monoisotopic (exact) mass is 445 g/mol. The molecule has 1 amide bonds. The summed E-state index contributed by atoms with van der Waals surface area (Å²) in [4.78, 5) is 25.1. The molecule has 4 rings (SSSR count). The molecule has 1 aliphatic heterocycles. The molecule has 7 nitrogen and oxygen atoms in total. The smallest absolute Gasteiger partial charge is 0.251 e. The topological polar surface area (TPSA) is 88.5 Å². The van der Waals surface area contributed by atoms with Crippen molar-refractivity contribution >= 4 is 44.1 Å². The number of benzene rings is 2. The molecule has 0 bridgehead atoms. The number of nitrogens with zero attached hydrogens (tertiary/aromatic N) is 2. The van der Waals surface area contributed by atoms with Crippen molar-refractivity contribution in [2.75, 3.05) is 18.4 Å². The predicted octanol–water partition coefficient (Wildman–Crippen LogP) is 3.08. The van der Waals surface area contributed by atoms with E-state index < -0.39 is 10.0 Å². The molecular weight excluding hydrogens is 426 g/mol. The molecule has 2 heterocycles. The van der Waals surface area contributed by atoms with Crippen molar-refractivity contribution in [1.82, 2.24) is 8.87 Å². The number of pyridine rings is 1. The molecule has 2 aromatic carbocycles. The first-order valence-corrected chi connectivity index (χ1v) is 11.4. The van der Waals surface area contributed by atoms with Gasteiger partial charge in [-0.3, -0.25) is 14.2 Å². The van der Waals surface area contributed by atoms with Crippen molar-refractivity contribution in [3.63, 3.8) is 0 Å². The number of hydrogen-bond acceptors (Lipinski definition) is 4. The van der Waals surface area contributed by atoms with Crippen LogP contribution in [-0.4, -0.2) is 36.3 Å². The number of sulfonamides is 1. The normalized spacial score (nSPS) is 14.8. The number of halogens is 1. The molecule has 156 valence electrons. The first-order chi connectivity index (χ1) is 14.3. The number of nitrogens with one attached hydrogen (secondary N) is 1. The fourth-order valence-corrected chi connectivity index (χ4v) is 5.34. The molecule has 0 unspecified atom stereocenters. The van der Waals surface area contributed by atoms with Crippen LogP contribution in [0, 0.1) is 0 Å². The van der Waals surface area contributed by atoms with Gasteiger partial charge in [0.25, 0.3) is 5.56 Å². The highest BCUT2D eigenvalue weighted by atomic mass is 35.5. The lowest BCUT2D eigenvalue weighted by Gasteiger charge is -2.16. The molecular formula is C21H20ClN3O4S. The molecule has 9 heteroatoms. The molecule has 30 heavy (non-hydrogen) atoms. The Balaban J connectivity index is 1.64. The molecule has 1 aliphatic rings. The summed E-state index contributed by atoms with van der Waals surface area (Å²) in [7, 11) is -3.57. The van der Waals surface area contributed by atoms with Crippen LogP contribution >= 0.6 is 11.6 Å². The van der Waals surface area contributed by atoms with Crippen LogP contribution in [0.15, 0.2) is 64.3 Å². The van der Waals surface area contributed by atoms with E-state index in [4.69, 9.17) is 11.6 Å². The van der Waals surface area contributed by atoms with Crippen LogP contribution in [0.3, 0.4) is 0 Å². The Morgan fingerprint density at radius 3 is 2.53 bits per heavy atom. The fourth-order valence-electron chi connectivity index (χ4n) is 3.59. The van der Waals surface area contributed by atoms with Gasteiger partial charge >= 0.3 is 0 Å². The minimum absolute atomic E-state index is 0.186. The van der Waals surface area contributed by atoms with E-state index in [1.807, 2.05) is 0 Å². The number of aromatic nitrogens is 1. The molecule has 1 saturated heterocycles. The van der Waals surface area contributed by atoms with Crippen LogP contribution in [0.2, 0.25) is 5.02 Å². The summed E-state index contributed by atoms with van der Waals surface area (Å²) in [5.74, 6) is -0.388. The van der Waals surface area contributed by atoms with Gasteiger partial charge in [-0.25, -0.2) is 8.42 Å². The Bertz CT molecular complexity index is 1280. The zero-order valence-corrected chi connectivity index (χ0v) is 17.6. The van der Waals surface area contributed by atoms with Crippen LogP contribution in [0.25, 0.3) is 10.9 Å². The number of rotatable bonds is 5. The Kier molecular flexibility index (Phi) is 5.64. The van der Waals surface area contributed by atoms with E-state index in [-0.39, 0.29) is 22.9 Å². The van der Waals surface area contributed by atoms with E-state index in [1.165, 1.54) is 21.0 Å². The second-order valence-corrected chi connectivity index (χ2v) is 9.52. The summed E-state index contributed by atoms with van der Waals surface area (Å²) in [5.41, 5.74) is 0.669. The lowest BCUT2D eigenvalue weighted by atomic mass is 10.2. The first kappa shape index (κ1) is 20.6. The van der Waals surface area contributed by atoms with Gasteiger partial charge in [0, 0.05) is 29.9 Å². The molecule has 0 spiro atoms. The highest BCUT2D eigenvalue weighted by Gasteiger charge is 2.27. The number of carbonyl (C=O) groups excluding carboxylic acids is 1. The van der Waals surface area contributed by atoms with Gasteiger partial charge < -0.3 is 5.32 Å². The zero-order valence-electron chi connectivity index (χ0n) is 16.0. The maximum absolute atomic E-state index is 12.8. The fraction of sp³-hybridized carbons (Fsp3) is 0.238. The standard InChI is InChI=1S/C21H20ClN3O4S/c22-16-4-3-5-17(13-16)23-20(26)14-25-19-8-7-18(12-15(19)6-9-21(25)27)30(28,29)24-10-1-2-11-24/h3-9,12-13H,1-2,10-11,14H2,(H,23,26). The van der Waals surface area contributed by atoms with Crippen LogP contribution in [-0.2, 0) is 21.4 Å². The molecule has 0 saturated carbocycles. The minimum Gasteiger partial charge on any atom is -0.324 e. The van der Waals surface area contributed by atoms with Gasteiger partial charge in [0.1, 0.15) is 6.54 Å². The summed E-state index contributed by atoms with van der Waals surface area (Å²) in [6.45, 7) is 0.827. The number of amides is 1. The summed E-state index contributed by atoms with van der Waals surface area (Å²) >= 11 is 5.93. The van der Waals surface area contributed by atoms with E-state index in [1.54, 1.807) is 42.5 Å². The summed E-state index contributed by atoms with van der Waals surface area (Å²) < 4.78 is 28.4. The summed E-state index contributed by atoms with van der Waals surface area (Å²) in [6, 6.07) is 14.2. The van der Waals surface area contributed by atoms with E-state index in [9.17, 15) is 18.0 Å². The molecule has 1 aromatic heterocycles. The highest BCUT2D eigenvalue weighted by Crippen LogP contribution is 2.24. The van der Waals surface area contributed by atoms with Gasteiger partial charge in [-0.15, -0.1) is 0 Å². The third-order valence-electron chi connectivity index (χ3n) is 5.07. The van der Waals surface area contributed by atoms with Crippen molar-refractivity contribution in [1.29, 1.82) is 0 Å². The van der Waals surface area contributed by atoms with Gasteiger partial charge in [0.15, 0.2) is 0 Å². The Morgan fingerprint density at radius 2 is 1.80 bits per heavy atom. The summed E-state index contributed by atoms with van der Waals surface area (Å²) in [6.07, 6.45) is 1.71. The quantitative estimate of drug-likeness (QED) is 0.653. The van der Waals surface area contributed by atoms with Crippen molar-refractivity contribution in [2.45, 2.75) is 24.3 Å². The van der Waals surface area contributed by atoms with Crippen LogP contribution in [0.4, 0.5) is 5.69 Å². The van der Waals surface area contributed by atoms with Crippen LogP contribution in [0.5, 0.6) is 0 Å². The van der Waals surface area contributed by atoms with Crippen LogP contribution < -0.4 is 10.9 Å². The van der Waals surface area contributed by atoms with E-state index >= 15 is 0 Å². The number of fused-ring (bicyclic) bond motifs is 1. The lowest BCUT2D eigenvalue weighted by Crippen LogP contribution is -2.28. The number of anilines is 1. The average Bonchev–Trinajstić information content (AvgIpc) is 3.25. The largest absolute Gasteiger partial charge is 0.324 e. The van der Waals surface area contributed by atoms with Crippen molar-refractivity contribution < 1.29 is 13.2 Å². The molecule has 0 aliphatic carbocycles. The molecule has 0 atom stereocenters. The van der Waals surface area contributed by atoms with Gasteiger partial charge in [-0.1, -0.05) is 17.7 Å². The number of carbonyl (C=O) groups is 1. The van der Waals surface area contributed by atoms with Gasteiger partial charge in [-0.05, 0) is 60.7 Å². The average molecular weight is 446 g/mol. The third kappa shape index (κ3) is 4.12. The molecule has 1 N–H and O–H groups in total. The van der Waals surface area contributed by atoms with Gasteiger partial charge in [-0.2, -0.15) is 4.31 Å². The second kappa shape index (κ2) is 8.22. The van der Waals surface area contributed by atoms with Gasteiger partial charge in [0.2, 0.25) is 15.9 Å². The Labute approximate surface area is 178 Å². The second-order valence-electron chi connectivity index (χ2n) is 7.15. The van der Waals surface area contributed by atoms with E-state index in [2.05, 4.69) is 5.32 Å². The van der Waals surface area contributed by atoms with Crippen molar-refractivity contribution in [3.05, 3.63) is 70.0 Å². The third-order valence-corrected chi connectivity index (χ3v) is 7.20. The van der Waals surface area contributed by atoms with E-state index in [0.717, 1.165) is 12.8 Å². The zero-order chi connectivity index (χ0) is 21.3. The molecule has 1 fully saturated rings.